The zero-order chi connectivity index (χ0) is 14.4. The molecular weight excluding hydrogens is 285 g/mol. The van der Waals surface area contributed by atoms with Crippen LogP contribution in [0.5, 0.6) is 0 Å². The van der Waals surface area contributed by atoms with Crippen molar-refractivity contribution in [1.29, 1.82) is 0 Å². The second-order valence-electron chi connectivity index (χ2n) is 4.25. The maximum atomic E-state index is 13.5. The first-order chi connectivity index (χ1) is 9.65. The molecule has 108 valence electrons. The first-order valence-electron chi connectivity index (χ1n) is 6.12. The van der Waals surface area contributed by atoms with Gasteiger partial charge < -0.3 is 19.6 Å². The van der Waals surface area contributed by atoms with E-state index in [1.54, 1.807) is 24.5 Å². The molecule has 1 aromatic heterocycles. The molecule has 0 aliphatic heterocycles. The number of aliphatic hydroxyl groups excluding tert-OH is 1. The molecule has 6 heteroatoms. The number of benzene rings is 1. The van der Waals surface area contributed by atoms with Gasteiger partial charge in [0.05, 0.1) is 24.7 Å². The van der Waals surface area contributed by atoms with Gasteiger partial charge in [-0.05, 0) is 30.3 Å². The largest absolute Gasteiger partial charge is 0.467 e. The number of furan rings is 1. The van der Waals surface area contributed by atoms with Gasteiger partial charge >= 0.3 is 0 Å². The Morgan fingerprint density at radius 2 is 2.25 bits per heavy atom. The van der Waals surface area contributed by atoms with Crippen LogP contribution in [-0.2, 0) is 11.3 Å². The van der Waals surface area contributed by atoms with Crippen molar-refractivity contribution in [2.75, 3.05) is 18.5 Å². The lowest BCUT2D eigenvalue weighted by molar-refractivity contribution is 0.0282. The Morgan fingerprint density at radius 1 is 1.40 bits per heavy atom. The zero-order valence-corrected chi connectivity index (χ0v) is 11.4. The van der Waals surface area contributed by atoms with E-state index in [2.05, 4.69) is 5.32 Å². The van der Waals surface area contributed by atoms with Crippen LogP contribution in [0, 0.1) is 5.82 Å². The van der Waals surface area contributed by atoms with Crippen molar-refractivity contribution in [2.45, 2.75) is 12.7 Å². The minimum absolute atomic E-state index is 0.128. The third-order valence-corrected chi connectivity index (χ3v) is 2.83. The van der Waals surface area contributed by atoms with Crippen LogP contribution in [-0.4, -0.2) is 24.4 Å². The average Bonchev–Trinajstić information content (AvgIpc) is 2.91. The molecule has 0 saturated heterocycles. The summed E-state index contributed by atoms with van der Waals surface area (Å²) in [4.78, 5) is 0. The molecule has 0 saturated carbocycles. The Kier molecular flexibility index (Phi) is 5.40. The molecule has 0 amide bonds. The van der Waals surface area contributed by atoms with Crippen molar-refractivity contribution in [3.8, 4) is 0 Å². The highest BCUT2D eigenvalue weighted by Crippen LogP contribution is 2.18. The molecular formula is C14H15ClFNO3. The van der Waals surface area contributed by atoms with Crippen molar-refractivity contribution < 1.29 is 18.7 Å². The number of rotatable bonds is 7. The van der Waals surface area contributed by atoms with E-state index < -0.39 is 11.9 Å². The van der Waals surface area contributed by atoms with Gasteiger partial charge in [-0.3, -0.25) is 0 Å². The van der Waals surface area contributed by atoms with Crippen LogP contribution >= 0.6 is 11.6 Å². The van der Waals surface area contributed by atoms with Gasteiger partial charge in [0, 0.05) is 11.6 Å². The second kappa shape index (κ2) is 7.28. The van der Waals surface area contributed by atoms with Gasteiger partial charge in [0.2, 0.25) is 0 Å². The summed E-state index contributed by atoms with van der Waals surface area (Å²) in [5.41, 5.74) is 0.291. The average molecular weight is 300 g/mol. The summed E-state index contributed by atoms with van der Waals surface area (Å²) in [5.74, 6) is 0.232. The van der Waals surface area contributed by atoms with Gasteiger partial charge in [0.15, 0.2) is 0 Å². The quantitative estimate of drug-likeness (QED) is 0.825. The summed E-state index contributed by atoms with van der Waals surface area (Å²) in [5, 5.41) is 12.8. The Morgan fingerprint density at radius 3 is 2.95 bits per heavy atom. The van der Waals surface area contributed by atoms with Gasteiger partial charge in [-0.2, -0.15) is 0 Å². The standard InChI is InChI=1S/C14H15ClFNO3/c15-10-3-4-14(13(16)6-10)17-7-11(18)8-19-9-12-2-1-5-20-12/h1-6,11,17-18H,7-9H2. The lowest BCUT2D eigenvalue weighted by Crippen LogP contribution is -2.25. The van der Waals surface area contributed by atoms with E-state index in [1.807, 2.05) is 0 Å². The number of nitrogens with one attached hydrogen (secondary N) is 1. The SMILES string of the molecule is OC(CNc1ccc(Cl)cc1F)COCc1ccco1. The lowest BCUT2D eigenvalue weighted by Gasteiger charge is -2.13. The van der Waals surface area contributed by atoms with E-state index in [1.165, 1.54) is 12.1 Å². The van der Waals surface area contributed by atoms with Gasteiger partial charge in [-0.15, -0.1) is 0 Å². The topological polar surface area (TPSA) is 54.6 Å². The van der Waals surface area contributed by atoms with Crippen LogP contribution < -0.4 is 5.32 Å². The smallest absolute Gasteiger partial charge is 0.147 e. The van der Waals surface area contributed by atoms with Crippen molar-refractivity contribution in [2.24, 2.45) is 0 Å². The predicted octanol–water partition coefficient (Wildman–Crippen LogP) is 3.06. The summed E-state index contributed by atoms with van der Waals surface area (Å²) in [6.07, 6.45) is 0.806. The van der Waals surface area contributed by atoms with Gasteiger partial charge in [-0.1, -0.05) is 11.6 Å². The molecule has 20 heavy (non-hydrogen) atoms. The minimum Gasteiger partial charge on any atom is -0.467 e. The third-order valence-electron chi connectivity index (χ3n) is 2.59. The summed E-state index contributed by atoms with van der Waals surface area (Å²) >= 11 is 5.65. The van der Waals surface area contributed by atoms with Gasteiger partial charge in [0.1, 0.15) is 18.2 Å². The van der Waals surface area contributed by atoms with Crippen LogP contribution in [0.2, 0.25) is 5.02 Å². The number of hydrogen-bond donors (Lipinski definition) is 2. The van der Waals surface area contributed by atoms with Gasteiger partial charge in [0.25, 0.3) is 0 Å². The highest BCUT2D eigenvalue weighted by Gasteiger charge is 2.07. The van der Waals surface area contributed by atoms with E-state index >= 15 is 0 Å². The molecule has 1 heterocycles. The summed E-state index contributed by atoms with van der Waals surface area (Å²) in [6, 6.07) is 7.86. The maximum absolute atomic E-state index is 13.5. The van der Waals surface area contributed by atoms with Crippen molar-refractivity contribution in [3.63, 3.8) is 0 Å². The Bertz CT molecular complexity index is 533. The fourth-order valence-corrected chi connectivity index (χ4v) is 1.77. The van der Waals surface area contributed by atoms with E-state index in [0.29, 0.717) is 23.1 Å². The first-order valence-corrected chi connectivity index (χ1v) is 6.50. The van der Waals surface area contributed by atoms with Crippen LogP contribution in [0.1, 0.15) is 5.76 Å². The fraction of sp³-hybridized carbons (Fsp3) is 0.286. The molecule has 1 atom stereocenters. The monoisotopic (exact) mass is 299 g/mol. The molecule has 0 bridgehead atoms. The normalized spacial score (nSPS) is 12.3. The van der Waals surface area contributed by atoms with E-state index in [9.17, 15) is 9.50 Å². The highest BCUT2D eigenvalue weighted by atomic mass is 35.5. The Labute approximate surface area is 121 Å². The summed E-state index contributed by atoms with van der Waals surface area (Å²) in [7, 11) is 0. The fourth-order valence-electron chi connectivity index (χ4n) is 1.61. The second-order valence-corrected chi connectivity index (χ2v) is 4.69. The molecule has 0 aliphatic rings. The van der Waals surface area contributed by atoms with Crippen LogP contribution in [0.15, 0.2) is 41.0 Å². The number of hydrogen-bond acceptors (Lipinski definition) is 4. The van der Waals surface area contributed by atoms with Crippen molar-refractivity contribution in [3.05, 3.63) is 53.2 Å². The van der Waals surface area contributed by atoms with Gasteiger partial charge in [-0.25, -0.2) is 4.39 Å². The molecule has 1 unspecified atom stereocenters. The molecule has 2 N–H and O–H groups in total. The van der Waals surface area contributed by atoms with Crippen LogP contribution in [0.4, 0.5) is 10.1 Å². The summed E-state index contributed by atoms with van der Waals surface area (Å²) < 4.78 is 23.8. The number of anilines is 1. The number of halogens is 2. The van der Waals surface area contributed by atoms with E-state index in [-0.39, 0.29) is 13.2 Å². The number of aliphatic hydroxyl groups is 1. The molecule has 0 fully saturated rings. The highest BCUT2D eigenvalue weighted by molar-refractivity contribution is 6.30. The summed E-state index contributed by atoms with van der Waals surface area (Å²) in [6.45, 7) is 0.596. The van der Waals surface area contributed by atoms with Crippen LogP contribution in [0.25, 0.3) is 0 Å². The third kappa shape index (κ3) is 4.52. The zero-order valence-electron chi connectivity index (χ0n) is 10.7. The van der Waals surface area contributed by atoms with Crippen LogP contribution in [0.3, 0.4) is 0 Å². The van der Waals surface area contributed by atoms with E-state index in [4.69, 9.17) is 20.8 Å². The molecule has 4 nitrogen and oxygen atoms in total. The first kappa shape index (κ1) is 14.8. The molecule has 0 radical (unpaired) electrons. The maximum Gasteiger partial charge on any atom is 0.147 e. The molecule has 0 aliphatic carbocycles. The lowest BCUT2D eigenvalue weighted by atomic mass is 10.3. The Balaban J connectivity index is 1.70. The Hall–Kier alpha value is -1.56. The molecule has 2 rings (SSSR count). The van der Waals surface area contributed by atoms with E-state index in [0.717, 1.165) is 0 Å². The van der Waals surface area contributed by atoms with Crippen molar-refractivity contribution >= 4 is 17.3 Å². The predicted molar refractivity (Wildman–Crippen MR) is 74.3 cm³/mol. The molecule has 2 aromatic rings. The van der Waals surface area contributed by atoms with Crippen molar-refractivity contribution in [1.82, 2.24) is 0 Å². The molecule has 0 spiro atoms. The number of ether oxygens (including phenoxy) is 1. The minimum atomic E-state index is -0.750. The molecule has 1 aromatic carbocycles.